The van der Waals surface area contributed by atoms with Gasteiger partial charge in [-0.1, -0.05) is 6.92 Å². The number of hydrogen-bond donors (Lipinski definition) is 1. The summed E-state index contributed by atoms with van der Waals surface area (Å²) in [5.41, 5.74) is 0.622. The molecule has 0 radical (unpaired) electrons. The summed E-state index contributed by atoms with van der Waals surface area (Å²) in [5.74, 6) is 0. The molecule has 1 aliphatic heterocycles. The number of methoxy groups -OCH3 is 1. The van der Waals surface area contributed by atoms with Gasteiger partial charge in [-0.2, -0.15) is 5.10 Å². The molecule has 0 bridgehead atoms. The van der Waals surface area contributed by atoms with Crippen LogP contribution in [0.5, 0.6) is 0 Å². The van der Waals surface area contributed by atoms with Crippen molar-refractivity contribution in [2.75, 3.05) is 26.7 Å². The van der Waals surface area contributed by atoms with Gasteiger partial charge in [-0.3, -0.25) is 9.58 Å². The molecule has 0 aromatic carbocycles. The first-order valence-electron chi connectivity index (χ1n) is 6.65. The molecule has 0 unspecified atom stereocenters. The van der Waals surface area contributed by atoms with E-state index in [0.717, 1.165) is 13.1 Å². The third-order valence-electron chi connectivity index (χ3n) is 3.88. The van der Waals surface area contributed by atoms with E-state index in [1.165, 1.54) is 6.20 Å². The van der Waals surface area contributed by atoms with E-state index < -0.39 is 10.0 Å². The number of sulfonamides is 1. The van der Waals surface area contributed by atoms with Gasteiger partial charge in [0.2, 0.25) is 10.0 Å². The maximum Gasteiger partial charge on any atom is 0.244 e. The number of ether oxygens (including phenoxy) is 1. The zero-order chi connectivity index (χ0) is 14.9. The van der Waals surface area contributed by atoms with Crippen molar-refractivity contribution in [2.24, 2.45) is 7.05 Å². The molecule has 2 heterocycles. The molecular formula is C12H22N4O3S. The molecule has 1 aliphatic rings. The molecule has 1 aromatic heterocycles. The van der Waals surface area contributed by atoms with E-state index in [-0.39, 0.29) is 17.0 Å². The van der Waals surface area contributed by atoms with Crippen molar-refractivity contribution in [3.05, 3.63) is 11.9 Å². The molecule has 2 rings (SSSR count). The van der Waals surface area contributed by atoms with Crippen LogP contribution in [0.3, 0.4) is 0 Å². The van der Waals surface area contributed by atoms with E-state index >= 15 is 0 Å². The summed E-state index contributed by atoms with van der Waals surface area (Å²) < 4.78 is 34.6. The second-order valence-electron chi connectivity index (χ2n) is 5.07. The van der Waals surface area contributed by atoms with Crippen LogP contribution in [0.15, 0.2) is 11.1 Å². The van der Waals surface area contributed by atoms with E-state index in [1.54, 1.807) is 25.8 Å². The van der Waals surface area contributed by atoms with E-state index in [0.29, 0.717) is 12.2 Å². The number of likely N-dealkylation sites (tertiary alicyclic amines) is 1. The summed E-state index contributed by atoms with van der Waals surface area (Å²) in [7, 11) is -0.234. The summed E-state index contributed by atoms with van der Waals surface area (Å²) in [6.45, 7) is 6.07. The second-order valence-corrected chi connectivity index (χ2v) is 6.75. The maximum absolute atomic E-state index is 12.4. The van der Waals surface area contributed by atoms with Crippen LogP contribution in [-0.2, 0) is 21.8 Å². The molecule has 114 valence electrons. The normalized spacial score (nSPS) is 24.4. The SMILES string of the molecule is CCN1C[C@H](NS(=O)(=O)c2cnn(C)c2C)[C@@H](OC)C1. The van der Waals surface area contributed by atoms with E-state index in [4.69, 9.17) is 4.74 Å². The molecule has 1 fully saturated rings. The number of likely N-dealkylation sites (N-methyl/N-ethyl adjacent to an activating group) is 1. The van der Waals surface area contributed by atoms with Gasteiger partial charge in [0.1, 0.15) is 4.90 Å². The summed E-state index contributed by atoms with van der Waals surface area (Å²) in [6.07, 6.45) is 1.26. The van der Waals surface area contributed by atoms with Crippen LogP contribution < -0.4 is 4.72 Å². The fourth-order valence-electron chi connectivity index (χ4n) is 2.47. The highest BCUT2D eigenvalue weighted by Crippen LogP contribution is 2.18. The summed E-state index contributed by atoms with van der Waals surface area (Å²) in [5, 5.41) is 3.98. The lowest BCUT2D eigenvalue weighted by molar-refractivity contribution is 0.0954. The highest BCUT2D eigenvalue weighted by Gasteiger charge is 2.35. The Morgan fingerprint density at radius 2 is 2.20 bits per heavy atom. The second kappa shape index (κ2) is 5.80. The zero-order valence-corrected chi connectivity index (χ0v) is 13.1. The van der Waals surface area contributed by atoms with Gasteiger partial charge in [0.05, 0.1) is 24.0 Å². The van der Waals surface area contributed by atoms with E-state index in [9.17, 15) is 8.42 Å². The number of rotatable bonds is 5. The summed E-state index contributed by atoms with van der Waals surface area (Å²) >= 11 is 0. The third-order valence-corrected chi connectivity index (χ3v) is 5.47. The molecule has 2 atom stereocenters. The average molecular weight is 302 g/mol. The predicted molar refractivity (Wildman–Crippen MR) is 75.0 cm³/mol. The Bertz CT molecular complexity index is 569. The molecule has 20 heavy (non-hydrogen) atoms. The Labute approximate surface area is 120 Å². The molecule has 0 saturated carbocycles. The van der Waals surface area contributed by atoms with Crippen molar-refractivity contribution in [3.63, 3.8) is 0 Å². The molecule has 8 heteroatoms. The molecular weight excluding hydrogens is 280 g/mol. The van der Waals surface area contributed by atoms with E-state index in [1.807, 2.05) is 0 Å². The van der Waals surface area contributed by atoms with Crippen LogP contribution in [-0.4, -0.2) is 62.0 Å². The molecule has 1 saturated heterocycles. The van der Waals surface area contributed by atoms with Gasteiger partial charge >= 0.3 is 0 Å². The van der Waals surface area contributed by atoms with Gasteiger partial charge in [0.15, 0.2) is 0 Å². The Hall–Kier alpha value is -0.960. The van der Waals surface area contributed by atoms with Crippen molar-refractivity contribution in [1.82, 2.24) is 19.4 Å². The van der Waals surface area contributed by atoms with Gasteiger partial charge in [-0.25, -0.2) is 13.1 Å². The molecule has 7 nitrogen and oxygen atoms in total. The van der Waals surface area contributed by atoms with Crippen LogP contribution >= 0.6 is 0 Å². The van der Waals surface area contributed by atoms with Crippen molar-refractivity contribution in [2.45, 2.75) is 30.9 Å². The molecule has 0 aliphatic carbocycles. The van der Waals surface area contributed by atoms with Crippen molar-refractivity contribution < 1.29 is 13.2 Å². The van der Waals surface area contributed by atoms with E-state index in [2.05, 4.69) is 21.6 Å². The number of nitrogens with zero attached hydrogens (tertiary/aromatic N) is 3. The van der Waals surface area contributed by atoms with Crippen LogP contribution in [0.2, 0.25) is 0 Å². The molecule has 0 spiro atoms. The average Bonchev–Trinajstić information content (AvgIpc) is 2.94. The monoisotopic (exact) mass is 302 g/mol. The van der Waals surface area contributed by atoms with Gasteiger partial charge < -0.3 is 4.74 Å². The maximum atomic E-state index is 12.4. The summed E-state index contributed by atoms with van der Waals surface area (Å²) in [6, 6.07) is -0.232. The van der Waals surface area contributed by atoms with Crippen LogP contribution in [0.25, 0.3) is 0 Å². The standard InChI is InChI=1S/C12H22N4O3S/c1-5-16-7-10(11(8-16)19-4)14-20(17,18)12-6-13-15(3)9(12)2/h6,10-11,14H,5,7-8H2,1-4H3/t10-,11-/m0/s1. The van der Waals surface area contributed by atoms with Gasteiger partial charge in [-0.15, -0.1) is 0 Å². The highest BCUT2D eigenvalue weighted by molar-refractivity contribution is 7.89. The molecule has 0 amide bonds. The Morgan fingerprint density at radius 1 is 1.50 bits per heavy atom. The highest BCUT2D eigenvalue weighted by atomic mass is 32.2. The largest absolute Gasteiger partial charge is 0.378 e. The zero-order valence-electron chi connectivity index (χ0n) is 12.3. The van der Waals surface area contributed by atoms with Gasteiger partial charge in [-0.05, 0) is 13.5 Å². The van der Waals surface area contributed by atoms with Crippen molar-refractivity contribution in [3.8, 4) is 0 Å². The fraction of sp³-hybridized carbons (Fsp3) is 0.750. The minimum absolute atomic E-state index is 0.123. The van der Waals surface area contributed by atoms with Crippen LogP contribution in [0.1, 0.15) is 12.6 Å². The molecule has 1 N–H and O–H groups in total. The fourth-order valence-corrected chi connectivity index (χ4v) is 3.93. The predicted octanol–water partition coefficient (Wildman–Crippen LogP) is -0.274. The van der Waals surface area contributed by atoms with Gasteiger partial charge in [0, 0.05) is 27.2 Å². The Morgan fingerprint density at radius 3 is 2.70 bits per heavy atom. The van der Waals surface area contributed by atoms with Crippen molar-refractivity contribution >= 4 is 10.0 Å². The molecule has 1 aromatic rings. The lowest BCUT2D eigenvalue weighted by atomic mass is 10.2. The topological polar surface area (TPSA) is 76.5 Å². The van der Waals surface area contributed by atoms with Crippen LogP contribution in [0.4, 0.5) is 0 Å². The number of hydrogen-bond acceptors (Lipinski definition) is 5. The Balaban J connectivity index is 2.18. The Kier molecular flexibility index (Phi) is 4.48. The van der Waals surface area contributed by atoms with Crippen molar-refractivity contribution in [1.29, 1.82) is 0 Å². The quantitative estimate of drug-likeness (QED) is 0.810. The first kappa shape index (κ1) is 15.4. The number of aromatic nitrogens is 2. The van der Waals surface area contributed by atoms with Gasteiger partial charge in [0.25, 0.3) is 0 Å². The number of aryl methyl sites for hydroxylation is 1. The lowest BCUT2D eigenvalue weighted by Crippen LogP contribution is -2.43. The minimum atomic E-state index is -3.57. The smallest absolute Gasteiger partial charge is 0.244 e. The lowest BCUT2D eigenvalue weighted by Gasteiger charge is -2.18. The number of nitrogens with one attached hydrogen (secondary N) is 1. The minimum Gasteiger partial charge on any atom is -0.378 e. The third kappa shape index (κ3) is 2.88. The first-order valence-corrected chi connectivity index (χ1v) is 8.13. The summed E-state index contributed by atoms with van der Waals surface area (Å²) in [4.78, 5) is 2.39. The first-order chi connectivity index (χ1) is 9.39. The van der Waals surface area contributed by atoms with Crippen LogP contribution in [0, 0.1) is 6.92 Å².